The molecule has 0 atom stereocenters. The maximum atomic E-state index is 6.34. The van der Waals surface area contributed by atoms with E-state index in [2.05, 4.69) is 107 Å². The topological polar surface area (TPSA) is 38.9 Å². The van der Waals surface area contributed by atoms with Gasteiger partial charge >= 0.3 is 0 Å². The molecule has 0 bridgehead atoms. The zero-order valence-corrected chi connectivity index (χ0v) is 29.8. The summed E-state index contributed by atoms with van der Waals surface area (Å²) in [5.74, 6) is 0. The Morgan fingerprint density at radius 1 is 0.767 bits per heavy atom. The van der Waals surface area contributed by atoms with Gasteiger partial charge in [0.25, 0.3) is 0 Å². The first-order valence-corrected chi connectivity index (χ1v) is 18.1. The van der Waals surface area contributed by atoms with Gasteiger partial charge in [-0.05, 0) is 47.3 Å². The first kappa shape index (κ1) is 32.5. The summed E-state index contributed by atoms with van der Waals surface area (Å²) in [7, 11) is -1.55. The number of nitrogens with zero attached hydrogens (tertiary/aromatic N) is 2. The fraction of sp³-hybridized carbons (Fsp3) is 0.263. The number of hydrogen-bond donors (Lipinski definition) is 0. The van der Waals surface area contributed by atoms with Crippen LogP contribution in [-0.2, 0) is 26.5 Å². The van der Waals surface area contributed by atoms with E-state index >= 15 is 0 Å². The molecular formula is C38H40IrN2OSi-2. The van der Waals surface area contributed by atoms with Gasteiger partial charge in [-0.1, -0.05) is 101 Å². The number of aryl methyl sites for hydroxylation is 2. The van der Waals surface area contributed by atoms with Gasteiger partial charge in [0, 0.05) is 46.0 Å². The van der Waals surface area contributed by atoms with E-state index in [-0.39, 0.29) is 25.5 Å². The minimum absolute atomic E-state index is 0. The second-order valence-electron chi connectivity index (χ2n) is 13.4. The molecule has 3 nitrogen and oxygen atoms in total. The number of fused-ring (bicyclic) bond motifs is 3. The van der Waals surface area contributed by atoms with E-state index < -0.39 is 8.07 Å². The van der Waals surface area contributed by atoms with Crippen molar-refractivity contribution < 1.29 is 24.5 Å². The molecule has 0 amide bonds. The Balaban J connectivity index is 0.000000238. The van der Waals surface area contributed by atoms with Crippen molar-refractivity contribution in [2.24, 2.45) is 5.41 Å². The molecule has 0 aliphatic heterocycles. The first-order valence-electron chi connectivity index (χ1n) is 14.6. The van der Waals surface area contributed by atoms with Gasteiger partial charge in [0.05, 0.1) is 5.58 Å². The van der Waals surface area contributed by atoms with E-state index in [1.165, 1.54) is 32.6 Å². The summed E-state index contributed by atoms with van der Waals surface area (Å²) in [5.41, 5.74) is 9.67. The number of para-hydroxylation sites is 1. The molecule has 0 saturated carbocycles. The molecule has 43 heavy (non-hydrogen) atoms. The minimum Gasteiger partial charge on any atom is -0.501 e. The average molecular weight is 761 g/mol. The standard InChI is InChI=1S/C25H28NOSi.C13H12N.Ir/c1-25(2,3)15-17-11-13-20(26-16-17)18-12-14-22(28(4,5)6)23-19-9-7-8-10-21(19)27-24(18)23;1-10-3-6-12(7-4-10)13-8-5-11(2)9-14-13;/h7-11,13-14,16H,15H2,1-6H3;3-6,8-9H,1-2H3;/q2*-1;. The second kappa shape index (κ2) is 13.1. The Kier molecular flexibility index (Phi) is 9.91. The fourth-order valence-corrected chi connectivity index (χ4v) is 6.63. The van der Waals surface area contributed by atoms with E-state index in [4.69, 9.17) is 9.40 Å². The summed E-state index contributed by atoms with van der Waals surface area (Å²) in [6, 6.07) is 31.7. The molecule has 0 spiro atoms. The SMILES string of the molecule is CC(C)(C)Cc1ccc(-c2[c-]cc([Si](C)(C)C)c3c2oc2ccccc23)nc1.Cc1c[c-]c(-c2ccc(C)cn2)cc1.[Ir]. The van der Waals surface area contributed by atoms with E-state index in [0.717, 1.165) is 40.1 Å². The van der Waals surface area contributed by atoms with Crippen LogP contribution in [0.25, 0.3) is 44.5 Å². The Morgan fingerprint density at radius 2 is 1.47 bits per heavy atom. The van der Waals surface area contributed by atoms with Crippen LogP contribution in [0.3, 0.4) is 0 Å². The Hall–Kier alpha value is -3.37. The molecule has 1 radical (unpaired) electrons. The van der Waals surface area contributed by atoms with Crippen LogP contribution < -0.4 is 5.19 Å². The van der Waals surface area contributed by atoms with Crippen molar-refractivity contribution in [1.29, 1.82) is 0 Å². The van der Waals surface area contributed by atoms with Gasteiger partial charge in [0.1, 0.15) is 5.58 Å². The smallest absolute Gasteiger partial charge is 0.120 e. The van der Waals surface area contributed by atoms with Crippen LogP contribution in [-0.4, -0.2) is 18.0 Å². The molecule has 6 rings (SSSR count). The fourth-order valence-electron chi connectivity index (χ4n) is 5.13. The third kappa shape index (κ3) is 7.78. The first-order chi connectivity index (χ1) is 19.9. The van der Waals surface area contributed by atoms with Gasteiger partial charge in [-0.3, -0.25) is 0 Å². The molecule has 3 heterocycles. The van der Waals surface area contributed by atoms with Crippen molar-refractivity contribution in [1.82, 2.24) is 9.97 Å². The average Bonchev–Trinajstić information content (AvgIpc) is 3.33. The Bertz CT molecular complexity index is 1770. The molecule has 0 fully saturated rings. The molecular weight excluding hydrogens is 721 g/mol. The van der Waals surface area contributed by atoms with Crippen molar-refractivity contribution in [3.63, 3.8) is 0 Å². The maximum Gasteiger partial charge on any atom is 0.120 e. The van der Waals surface area contributed by atoms with Gasteiger partial charge in [-0.2, -0.15) is 0 Å². The van der Waals surface area contributed by atoms with Crippen molar-refractivity contribution in [2.45, 2.75) is 60.7 Å². The van der Waals surface area contributed by atoms with Crippen molar-refractivity contribution in [3.8, 4) is 22.5 Å². The molecule has 3 aromatic heterocycles. The Labute approximate surface area is 271 Å². The van der Waals surface area contributed by atoms with Crippen LogP contribution in [0.15, 0.2) is 89.6 Å². The van der Waals surface area contributed by atoms with Gasteiger partial charge in [0.15, 0.2) is 0 Å². The molecule has 0 unspecified atom stereocenters. The van der Waals surface area contributed by atoms with Gasteiger partial charge in [-0.25, -0.2) is 0 Å². The van der Waals surface area contributed by atoms with Gasteiger partial charge in [0.2, 0.25) is 0 Å². The molecule has 0 aliphatic carbocycles. The van der Waals surface area contributed by atoms with Crippen LogP contribution in [0.5, 0.6) is 0 Å². The zero-order valence-electron chi connectivity index (χ0n) is 26.4. The summed E-state index contributed by atoms with van der Waals surface area (Å²) < 4.78 is 6.34. The second-order valence-corrected chi connectivity index (χ2v) is 18.5. The van der Waals surface area contributed by atoms with Crippen molar-refractivity contribution in [3.05, 3.63) is 114 Å². The maximum absolute atomic E-state index is 6.34. The third-order valence-electron chi connectivity index (χ3n) is 7.23. The van der Waals surface area contributed by atoms with E-state index in [0.29, 0.717) is 0 Å². The quantitative estimate of drug-likeness (QED) is 0.133. The molecule has 223 valence electrons. The molecule has 5 heteroatoms. The summed E-state index contributed by atoms with van der Waals surface area (Å²) in [6.07, 6.45) is 4.89. The molecule has 6 aromatic rings. The number of benzene rings is 3. The largest absolute Gasteiger partial charge is 0.501 e. The number of rotatable bonds is 4. The van der Waals surface area contributed by atoms with E-state index in [9.17, 15) is 0 Å². The van der Waals surface area contributed by atoms with Crippen LogP contribution in [0.2, 0.25) is 19.6 Å². The van der Waals surface area contributed by atoms with Gasteiger partial charge < -0.3 is 14.4 Å². The third-order valence-corrected chi connectivity index (χ3v) is 9.24. The predicted octanol–water partition coefficient (Wildman–Crippen LogP) is 9.75. The Morgan fingerprint density at radius 3 is 2.07 bits per heavy atom. The summed E-state index contributed by atoms with van der Waals surface area (Å²) in [6.45, 7) is 18.0. The van der Waals surface area contributed by atoms with E-state index in [1.807, 2.05) is 49.6 Å². The summed E-state index contributed by atoms with van der Waals surface area (Å²) >= 11 is 0. The number of furan rings is 1. The molecule has 0 aliphatic rings. The summed E-state index contributed by atoms with van der Waals surface area (Å²) in [4.78, 5) is 9.11. The van der Waals surface area contributed by atoms with Crippen LogP contribution in [0.1, 0.15) is 37.5 Å². The normalized spacial score (nSPS) is 11.6. The van der Waals surface area contributed by atoms with Crippen LogP contribution in [0, 0.1) is 31.4 Å². The van der Waals surface area contributed by atoms with Crippen LogP contribution >= 0.6 is 0 Å². The molecule has 0 N–H and O–H groups in total. The van der Waals surface area contributed by atoms with Crippen LogP contribution in [0.4, 0.5) is 0 Å². The summed E-state index contributed by atoms with van der Waals surface area (Å²) in [5, 5.41) is 3.82. The number of aromatic nitrogens is 2. The number of hydrogen-bond acceptors (Lipinski definition) is 3. The van der Waals surface area contributed by atoms with Crippen molar-refractivity contribution >= 4 is 35.2 Å². The minimum atomic E-state index is -1.55. The molecule has 3 aromatic carbocycles. The number of pyridine rings is 2. The monoisotopic (exact) mass is 761 g/mol. The predicted molar refractivity (Wildman–Crippen MR) is 180 cm³/mol. The molecule has 0 saturated heterocycles. The van der Waals surface area contributed by atoms with Gasteiger partial charge in [-0.15, -0.1) is 52.7 Å². The van der Waals surface area contributed by atoms with Crippen molar-refractivity contribution in [2.75, 3.05) is 0 Å². The van der Waals surface area contributed by atoms with E-state index in [1.54, 1.807) is 0 Å². The zero-order chi connectivity index (χ0) is 30.1.